The standard InChI is InChI=1S/C16H15ClN8O3/c1-9-6-11(17)13(25(27)28)7-12(9)23-16(26)22-10(2)14-20-8-21-24(14)15-18-4-3-5-19-15/h3-8,10H,1-2H3,(H2,22,23,26). The predicted molar refractivity (Wildman–Crippen MR) is 100 cm³/mol. The number of hydrogen-bond donors (Lipinski definition) is 2. The number of nitro benzene ring substituents is 1. The van der Waals surface area contributed by atoms with Crippen molar-refractivity contribution in [1.29, 1.82) is 0 Å². The summed E-state index contributed by atoms with van der Waals surface area (Å²) in [6.45, 7) is 3.39. The molecule has 0 radical (unpaired) electrons. The molecule has 3 aromatic rings. The lowest BCUT2D eigenvalue weighted by Crippen LogP contribution is -2.33. The van der Waals surface area contributed by atoms with Crippen LogP contribution in [0, 0.1) is 17.0 Å². The van der Waals surface area contributed by atoms with Crippen LogP contribution in [0.5, 0.6) is 0 Å². The molecule has 0 spiro atoms. The molecule has 0 aliphatic carbocycles. The van der Waals surface area contributed by atoms with E-state index in [4.69, 9.17) is 11.6 Å². The first-order chi connectivity index (χ1) is 13.4. The number of urea groups is 1. The molecule has 144 valence electrons. The molecule has 0 aliphatic rings. The summed E-state index contributed by atoms with van der Waals surface area (Å²) in [5.74, 6) is 0.730. The van der Waals surface area contributed by atoms with Crippen molar-refractivity contribution in [1.82, 2.24) is 30.0 Å². The Hall–Kier alpha value is -3.60. The van der Waals surface area contributed by atoms with Crippen molar-refractivity contribution in [2.45, 2.75) is 19.9 Å². The molecule has 2 N–H and O–H groups in total. The zero-order valence-corrected chi connectivity index (χ0v) is 15.6. The van der Waals surface area contributed by atoms with Gasteiger partial charge in [-0.2, -0.15) is 9.78 Å². The molecule has 2 amide bonds. The minimum absolute atomic E-state index is 0.00205. The number of carbonyl (C=O) groups excluding carboxylic acids is 1. The maximum Gasteiger partial charge on any atom is 0.319 e. The van der Waals surface area contributed by atoms with E-state index in [1.807, 2.05) is 0 Å². The van der Waals surface area contributed by atoms with Crippen molar-refractivity contribution in [2.75, 3.05) is 5.32 Å². The number of benzene rings is 1. The molecule has 0 aliphatic heterocycles. The van der Waals surface area contributed by atoms with E-state index in [0.29, 0.717) is 17.3 Å². The Morgan fingerprint density at radius 2 is 2.00 bits per heavy atom. The second kappa shape index (κ2) is 7.96. The number of nitrogens with zero attached hydrogens (tertiary/aromatic N) is 6. The molecule has 0 saturated heterocycles. The summed E-state index contributed by atoms with van der Waals surface area (Å²) in [7, 11) is 0. The molecule has 0 saturated carbocycles. The summed E-state index contributed by atoms with van der Waals surface area (Å²) in [4.78, 5) is 35.1. The van der Waals surface area contributed by atoms with E-state index in [9.17, 15) is 14.9 Å². The van der Waals surface area contributed by atoms with Crippen LogP contribution in [-0.2, 0) is 0 Å². The van der Waals surface area contributed by atoms with Gasteiger partial charge in [0.1, 0.15) is 11.3 Å². The Bertz CT molecular complexity index is 1020. The Kier molecular flexibility index (Phi) is 5.45. The van der Waals surface area contributed by atoms with Crippen molar-refractivity contribution in [3.8, 4) is 5.95 Å². The van der Waals surface area contributed by atoms with Crippen molar-refractivity contribution in [3.63, 3.8) is 0 Å². The van der Waals surface area contributed by atoms with Crippen LogP contribution < -0.4 is 10.6 Å². The lowest BCUT2D eigenvalue weighted by molar-refractivity contribution is -0.384. The van der Waals surface area contributed by atoms with Gasteiger partial charge in [0.15, 0.2) is 5.82 Å². The molecular weight excluding hydrogens is 388 g/mol. The van der Waals surface area contributed by atoms with Gasteiger partial charge in [-0.05, 0) is 31.5 Å². The maximum atomic E-state index is 12.4. The summed E-state index contributed by atoms with van der Waals surface area (Å²) in [5, 5.41) is 20.4. The van der Waals surface area contributed by atoms with Gasteiger partial charge in [-0.25, -0.2) is 19.7 Å². The van der Waals surface area contributed by atoms with E-state index >= 15 is 0 Å². The average molecular weight is 403 g/mol. The molecule has 11 nitrogen and oxygen atoms in total. The Morgan fingerprint density at radius 1 is 1.29 bits per heavy atom. The van der Waals surface area contributed by atoms with Gasteiger partial charge < -0.3 is 10.6 Å². The predicted octanol–water partition coefficient (Wildman–Crippen LogP) is 2.81. The molecule has 12 heteroatoms. The molecule has 2 aromatic heterocycles. The van der Waals surface area contributed by atoms with Crippen LogP contribution in [0.3, 0.4) is 0 Å². The van der Waals surface area contributed by atoms with Crippen molar-refractivity contribution in [3.05, 3.63) is 63.4 Å². The zero-order chi connectivity index (χ0) is 20.3. The number of nitro groups is 1. The number of nitrogens with one attached hydrogen (secondary N) is 2. The van der Waals surface area contributed by atoms with Crippen molar-refractivity contribution < 1.29 is 9.72 Å². The fraction of sp³-hybridized carbons (Fsp3) is 0.188. The number of aryl methyl sites for hydroxylation is 1. The molecule has 2 heterocycles. The van der Waals surface area contributed by atoms with Gasteiger partial charge in [-0.1, -0.05) is 11.6 Å². The Labute approximate surface area is 163 Å². The first-order valence-electron chi connectivity index (χ1n) is 8.06. The van der Waals surface area contributed by atoms with Crippen molar-refractivity contribution >= 4 is 29.0 Å². The third-order valence-electron chi connectivity index (χ3n) is 3.79. The highest BCUT2D eigenvalue weighted by Crippen LogP contribution is 2.30. The largest absolute Gasteiger partial charge is 0.328 e. The highest BCUT2D eigenvalue weighted by Gasteiger charge is 2.20. The number of anilines is 1. The van der Waals surface area contributed by atoms with Gasteiger partial charge >= 0.3 is 6.03 Å². The van der Waals surface area contributed by atoms with Crippen LogP contribution in [0.4, 0.5) is 16.2 Å². The van der Waals surface area contributed by atoms with Crippen LogP contribution in [0.1, 0.15) is 24.4 Å². The number of rotatable bonds is 5. The maximum absolute atomic E-state index is 12.4. The van der Waals surface area contributed by atoms with Gasteiger partial charge in [-0.3, -0.25) is 10.1 Å². The molecule has 0 bridgehead atoms. The first kappa shape index (κ1) is 19.2. The van der Waals surface area contributed by atoms with E-state index in [-0.39, 0.29) is 16.4 Å². The van der Waals surface area contributed by atoms with Crippen LogP contribution in [-0.4, -0.2) is 35.7 Å². The van der Waals surface area contributed by atoms with Gasteiger partial charge in [0, 0.05) is 18.5 Å². The summed E-state index contributed by atoms with van der Waals surface area (Å²) in [6.07, 6.45) is 4.46. The Morgan fingerprint density at radius 3 is 2.68 bits per heavy atom. The molecular formula is C16H15ClN8O3. The summed E-state index contributed by atoms with van der Waals surface area (Å²) in [6, 6.07) is 3.18. The lowest BCUT2D eigenvalue weighted by atomic mass is 10.2. The summed E-state index contributed by atoms with van der Waals surface area (Å²) < 4.78 is 1.41. The molecule has 1 atom stereocenters. The highest BCUT2D eigenvalue weighted by molar-refractivity contribution is 6.32. The first-order valence-corrected chi connectivity index (χ1v) is 8.44. The van der Waals surface area contributed by atoms with E-state index in [2.05, 4.69) is 30.7 Å². The third-order valence-corrected chi connectivity index (χ3v) is 4.09. The monoisotopic (exact) mass is 402 g/mol. The van der Waals surface area contributed by atoms with Crippen LogP contribution in [0.2, 0.25) is 5.02 Å². The van der Waals surface area contributed by atoms with Crippen LogP contribution >= 0.6 is 11.6 Å². The normalized spacial score (nSPS) is 11.7. The van der Waals surface area contributed by atoms with Crippen molar-refractivity contribution in [2.24, 2.45) is 0 Å². The van der Waals surface area contributed by atoms with E-state index < -0.39 is 17.0 Å². The fourth-order valence-electron chi connectivity index (χ4n) is 2.46. The number of amides is 2. The molecule has 28 heavy (non-hydrogen) atoms. The smallest absolute Gasteiger partial charge is 0.319 e. The zero-order valence-electron chi connectivity index (χ0n) is 14.8. The third kappa shape index (κ3) is 4.04. The minimum Gasteiger partial charge on any atom is -0.328 e. The fourth-order valence-corrected chi connectivity index (χ4v) is 2.74. The second-order valence-corrected chi connectivity index (χ2v) is 6.18. The SMILES string of the molecule is Cc1cc(Cl)c([N+](=O)[O-])cc1NC(=O)NC(C)c1ncnn1-c1ncccn1. The highest BCUT2D eigenvalue weighted by atomic mass is 35.5. The molecule has 1 aromatic carbocycles. The van der Waals surface area contributed by atoms with Crippen LogP contribution in [0.25, 0.3) is 5.95 Å². The van der Waals surface area contributed by atoms with E-state index in [1.54, 1.807) is 32.3 Å². The molecule has 3 rings (SSSR count). The second-order valence-electron chi connectivity index (χ2n) is 5.77. The lowest BCUT2D eigenvalue weighted by Gasteiger charge is -2.15. The topological polar surface area (TPSA) is 141 Å². The summed E-state index contributed by atoms with van der Waals surface area (Å²) >= 11 is 5.86. The quantitative estimate of drug-likeness (QED) is 0.493. The van der Waals surface area contributed by atoms with Gasteiger partial charge in [0.2, 0.25) is 0 Å². The van der Waals surface area contributed by atoms with E-state index in [0.717, 1.165) is 0 Å². The summed E-state index contributed by atoms with van der Waals surface area (Å²) in [5.41, 5.74) is 0.560. The van der Waals surface area contributed by atoms with E-state index in [1.165, 1.54) is 23.1 Å². The Balaban J connectivity index is 1.75. The number of aromatic nitrogens is 5. The molecule has 0 fully saturated rings. The van der Waals surface area contributed by atoms with Gasteiger partial charge in [0.25, 0.3) is 11.6 Å². The van der Waals surface area contributed by atoms with Gasteiger partial charge in [-0.15, -0.1) is 0 Å². The van der Waals surface area contributed by atoms with Gasteiger partial charge in [0.05, 0.1) is 16.7 Å². The number of hydrogen-bond acceptors (Lipinski definition) is 7. The van der Waals surface area contributed by atoms with Crippen LogP contribution in [0.15, 0.2) is 36.9 Å². The number of carbonyl (C=O) groups is 1. The molecule has 1 unspecified atom stereocenters. The minimum atomic E-state index is -0.615. The number of halogens is 1. The average Bonchev–Trinajstić information content (AvgIpc) is 3.14.